The van der Waals surface area contributed by atoms with Gasteiger partial charge in [-0.2, -0.15) is 13.7 Å². The van der Waals surface area contributed by atoms with Gasteiger partial charge in [0.25, 0.3) is 0 Å². The summed E-state index contributed by atoms with van der Waals surface area (Å²) in [5.74, 6) is 0. The third-order valence-corrected chi connectivity index (χ3v) is 3.86. The summed E-state index contributed by atoms with van der Waals surface area (Å²) in [4.78, 5) is 0.0233. The lowest BCUT2D eigenvalue weighted by molar-refractivity contribution is 0.339. The van der Waals surface area contributed by atoms with Crippen LogP contribution in [0.3, 0.4) is 0 Å². The van der Waals surface area contributed by atoms with Crippen LogP contribution in [0.4, 0.5) is 0 Å². The average Bonchev–Trinajstić information content (AvgIpc) is 2.53. The van der Waals surface area contributed by atoms with E-state index in [1.165, 1.54) is 12.1 Å². The summed E-state index contributed by atoms with van der Waals surface area (Å²) in [6, 6.07) is 16.5. The van der Waals surface area contributed by atoms with Gasteiger partial charge in [-0.25, -0.2) is 0 Å². The van der Waals surface area contributed by atoms with Crippen LogP contribution in [0.25, 0.3) is 0 Å². The summed E-state index contributed by atoms with van der Waals surface area (Å²) >= 11 is 0. The van der Waals surface area contributed by atoms with Crippen LogP contribution in [-0.4, -0.2) is 14.1 Å². The van der Waals surface area contributed by atoms with Gasteiger partial charge in [0.1, 0.15) is 4.90 Å². The number of hydrogen-bond acceptors (Lipinski definition) is 5. The van der Waals surface area contributed by atoms with Gasteiger partial charge in [-0.3, -0.25) is 4.28 Å². The molecule has 0 aromatic heterocycles. The second-order valence-corrected chi connectivity index (χ2v) is 5.70. The van der Waals surface area contributed by atoms with Gasteiger partial charge in [-0.15, -0.1) is 0 Å². The van der Waals surface area contributed by atoms with E-state index in [4.69, 9.17) is 5.26 Å². The molecular formula is C15H12N2O3S. The van der Waals surface area contributed by atoms with Crippen LogP contribution in [0.2, 0.25) is 0 Å². The van der Waals surface area contributed by atoms with Gasteiger partial charge in [0.05, 0.1) is 17.3 Å². The molecule has 2 rings (SSSR count). The van der Waals surface area contributed by atoms with Gasteiger partial charge in [0, 0.05) is 5.56 Å². The molecule has 0 bridgehead atoms. The first kappa shape index (κ1) is 14.8. The van der Waals surface area contributed by atoms with Gasteiger partial charge in [-0.1, -0.05) is 41.6 Å². The van der Waals surface area contributed by atoms with E-state index >= 15 is 0 Å². The minimum atomic E-state index is -3.95. The highest BCUT2D eigenvalue weighted by Gasteiger charge is 2.15. The number of hydrogen-bond donors (Lipinski definition) is 0. The van der Waals surface area contributed by atoms with E-state index in [1.54, 1.807) is 49.4 Å². The monoisotopic (exact) mass is 300 g/mol. The molecule has 0 saturated carbocycles. The molecular weight excluding hydrogens is 288 g/mol. The van der Waals surface area contributed by atoms with E-state index in [0.29, 0.717) is 16.8 Å². The van der Waals surface area contributed by atoms with Crippen molar-refractivity contribution in [1.29, 1.82) is 5.26 Å². The summed E-state index contributed by atoms with van der Waals surface area (Å²) < 4.78 is 28.5. The third-order valence-electron chi connectivity index (χ3n) is 2.74. The third kappa shape index (κ3) is 3.46. The molecule has 0 radical (unpaired) electrons. The molecule has 0 atom stereocenters. The molecule has 0 saturated heterocycles. The molecule has 6 heteroatoms. The lowest BCUT2D eigenvalue weighted by Gasteiger charge is -2.04. The van der Waals surface area contributed by atoms with Crippen LogP contribution in [0.1, 0.15) is 18.1 Å². The molecule has 0 amide bonds. The highest BCUT2D eigenvalue weighted by Crippen LogP contribution is 2.14. The summed E-state index contributed by atoms with van der Waals surface area (Å²) in [5.41, 5.74) is 1.24. The topological polar surface area (TPSA) is 79.5 Å². The first-order valence-electron chi connectivity index (χ1n) is 6.07. The standard InChI is InChI=1S/C15H12N2O3S/c1-12(15-10-6-5-7-13(15)11-16)17-20-21(18,19)14-8-3-2-4-9-14/h2-10H,1H3. The van der Waals surface area contributed by atoms with E-state index in [1.807, 2.05) is 6.07 Å². The second kappa shape index (κ2) is 6.20. The highest BCUT2D eigenvalue weighted by molar-refractivity contribution is 7.86. The lowest BCUT2D eigenvalue weighted by atomic mass is 10.1. The van der Waals surface area contributed by atoms with Crippen LogP contribution < -0.4 is 0 Å². The Labute approximate surface area is 123 Å². The van der Waals surface area contributed by atoms with Crippen molar-refractivity contribution in [2.24, 2.45) is 5.16 Å². The van der Waals surface area contributed by atoms with Gasteiger partial charge in [0.15, 0.2) is 0 Å². The van der Waals surface area contributed by atoms with E-state index < -0.39 is 10.1 Å². The van der Waals surface area contributed by atoms with Crippen LogP contribution in [0, 0.1) is 11.3 Å². The van der Waals surface area contributed by atoms with Crippen molar-refractivity contribution < 1.29 is 12.7 Å². The zero-order chi connectivity index (χ0) is 15.3. The van der Waals surface area contributed by atoms with E-state index in [0.717, 1.165) is 0 Å². The number of rotatable bonds is 4. The molecule has 0 N–H and O–H groups in total. The minimum Gasteiger partial charge on any atom is -0.265 e. The molecule has 21 heavy (non-hydrogen) atoms. The normalized spacial score (nSPS) is 11.7. The van der Waals surface area contributed by atoms with Crippen LogP contribution in [0.15, 0.2) is 64.6 Å². The molecule has 0 aliphatic heterocycles. The summed E-state index contributed by atoms with van der Waals surface area (Å²) in [6.45, 7) is 1.58. The molecule has 0 aliphatic carbocycles. The quantitative estimate of drug-likeness (QED) is 0.642. The Kier molecular flexibility index (Phi) is 4.36. The van der Waals surface area contributed by atoms with Gasteiger partial charge >= 0.3 is 10.1 Å². The van der Waals surface area contributed by atoms with Crippen molar-refractivity contribution in [3.63, 3.8) is 0 Å². The Morgan fingerprint density at radius 3 is 2.38 bits per heavy atom. The zero-order valence-electron chi connectivity index (χ0n) is 11.2. The fourth-order valence-corrected chi connectivity index (χ4v) is 2.47. The van der Waals surface area contributed by atoms with Crippen molar-refractivity contribution in [3.05, 3.63) is 65.7 Å². The number of nitrogens with zero attached hydrogens (tertiary/aromatic N) is 2. The van der Waals surface area contributed by atoms with Crippen molar-refractivity contribution in [2.45, 2.75) is 11.8 Å². The van der Waals surface area contributed by atoms with Gasteiger partial charge < -0.3 is 0 Å². The predicted octanol–water partition coefficient (Wildman–Crippen LogP) is 2.69. The van der Waals surface area contributed by atoms with Crippen LogP contribution in [0.5, 0.6) is 0 Å². The van der Waals surface area contributed by atoms with Crippen molar-refractivity contribution >= 4 is 15.8 Å². The zero-order valence-corrected chi connectivity index (χ0v) is 12.0. The molecule has 0 spiro atoms. The fourth-order valence-electron chi connectivity index (χ4n) is 1.68. The van der Waals surface area contributed by atoms with Gasteiger partial charge in [-0.05, 0) is 25.1 Å². The Bertz CT molecular complexity index is 806. The molecule has 0 aliphatic rings. The van der Waals surface area contributed by atoms with Crippen molar-refractivity contribution in [2.75, 3.05) is 0 Å². The fraction of sp³-hybridized carbons (Fsp3) is 0.0667. The highest BCUT2D eigenvalue weighted by atomic mass is 32.2. The Hall–Kier alpha value is -2.65. The largest absolute Gasteiger partial charge is 0.358 e. The minimum absolute atomic E-state index is 0.0233. The van der Waals surface area contributed by atoms with Crippen molar-refractivity contribution in [1.82, 2.24) is 0 Å². The first-order chi connectivity index (χ1) is 10.0. The van der Waals surface area contributed by atoms with E-state index in [-0.39, 0.29) is 4.90 Å². The number of oxime groups is 1. The smallest absolute Gasteiger partial charge is 0.265 e. The molecule has 2 aromatic carbocycles. The Morgan fingerprint density at radius 2 is 1.71 bits per heavy atom. The van der Waals surface area contributed by atoms with Gasteiger partial charge in [0.2, 0.25) is 0 Å². The SMILES string of the molecule is CC(=NOS(=O)(=O)c1ccccc1)c1ccccc1C#N. The lowest BCUT2D eigenvalue weighted by Crippen LogP contribution is -2.06. The summed E-state index contributed by atoms with van der Waals surface area (Å²) in [5, 5.41) is 12.6. The van der Waals surface area contributed by atoms with E-state index in [2.05, 4.69) is 9.44 Å². The molecule has 2 aromatic rings. The summed E-state index contributed by atoms with van der Waals surface area (Å²) in [6.07, 6.45) is 0. The number of benzene rings is 2. The van der Waals surface area contributed by atoms with Crippen molar-refractivity contribution in [3.8, 4) is 6.07 Å². The van der Waals surface area contributed by atoms with Crippen LogP contribution >= 0.6 is 0 Å². The Balaban J connectivity index is 2.27. The molecule has 0 unspecified atom stereocenters. The molecule has 0 heterocycles. The Morgan fingerprint density at radius 1 is 1.10 bits per heavy atom. The van der Waals surface area contributed by atoms with Crippen LogP contribution in [-0.2, 0) is 14.4 Å². The molecule has 106 valence electrons. The summed E-state index contributed by atoms with van der Waals surface area (Å²) in [7, 11) is -3.95. The molecule has 0 fully saturated rings. The average molecular weight is 300 g/mol. The first-order valence-corrected chi connectivity index (χ1v) is 7.48. The predicted molar refractivity (Wildman–Crippen MR) is 78.1 cm³/mol. The second-order valence-electron chi connectivity index (χ2n) is 4.18. The maximum atomic E-state index is 11.9. The number of nitriles is 1. The maximum absolute atomic E-state index is 11.9. The molecule has 5 nitrogen and oxygen atoms in total. The maximum Gasteiger partial charge on any atom is 0.358 e. The van der Waals surface area contributed by atoms with E-state index in [9.17, 15) is 8.42 Å².